The van der Waals surface area contributed by atoms with Crippen molar-refractivity contribution in [3.63, 3.8) is 0 Å². The maximum atomic E-state index is 11.4. The van der Waals surface area contributed by atoms with Gasteiger partial charge >= 0.3 is 0 Å². The summed E-state index contributed by atoms with van der Waals surface area (Å²) in [5, 5.41) is 1.02. The topological polar surface area (TPSA) is 59.9 Å². The van der Waals surface area contributed by atoms with E-state index in [0.29, 0.717) is 21.4 Å². The van der Waals surface area contributed by atoms with Gasteiger partial charge in [-0.1, -0.05) is 12.1 Å². The summed E-state index contributed by atoms with van der Waals surface area (Å²) in [5.41, 5.74) is 1.27. The predicted molar refractivity (Wildman–Crippen MR) is 72.1 cm³/mol. The molecule has 2 unspecified atom stereocenters. The monoisotopic (exact) mass is 280 g/mol. The van der Waals surface area contributed by atoms with E-state index in [1.165, 1.54) is 0 Å². The molecule has 6 heteroatoms. The summed E-state index contributed by atoms with van der Waals surface area (Å²) in [6.45, 7) is 0. The van der Waals surface area contributed by atoms with Gasteiger partial charge in [0.2, 0.25) is 0 Å². The molecule has 0 bridgehead atoms. The zero-order valence-corrected chi connectivity index (χ0v) is 11.6. The first-order valence-corrected chi connectivity index (χ1v) is 8.31. The van der Waals surface area contributed by atoms with Crippen LogP contribution in [0.5, 0.6) is 0 Å². The normalized spacial score (nSPS) is 14.1. The van der Waals surface area contributed by atoms with E-state index in [-0.39, 0.29) is 0 Å². The van der Waals surface area contributed by atoms with E-state index < -0.39 is 21.6 Å². The lowest BCUT2D eigenvalue weighted by atomic mass is 10.2. The van der Waals surface area contributed by atoms with Crippen LogP contribution < -0.4 is 0 Å². The number of pyridine rings is 2. The average molecular weight is 280 g/mol. The number of hydrogen-bond acceptors (Lipinski definition) is 4. The summed E-state index contributed by atoms with van der Waals surface area (Å²) in [6.07, 6.45) is 3.16. The lowest BCUT2D eigenvalue weighted by Crippen LogP contribution is -1.97. The molecule has 2 heterocycles. The molecule has 0 aliphatic carbocycles. The minimum Gasteiger partial charge on any atom is -0.253 e. The zero-order valence-electron chi connectivity index (χ0n) is 9.99. The van der Waals surface area contributed by atoms with Crippen LogP contribution in [0.2, 0.25) is 0 Å². The Balaban J connectivity index is 2.48. The first kappa shape index (κ1) is 13.0. The Kier molecular flexibility index (Phi) is 3.98. The fourth-order valence-corrected chi connectivity index (χ4v) is 2.43. The largest absolute Gasteiger partial charge is 0.253 e. The van der Waals surface area contributed by atoms with Gasteiger partial charge in [0, 0.05) is 12.5 Å². The Morgan fingerprint density at radius 1 is 0.778 bits per heavy atom. The highest BCUT2D eigenvalue weighted by atomic mass is 32.2. The molecule has 0 spiro atoms. The summed E-state index contributed by atoms with van der Waals surface area (Å²) in [6, 6.07) is 10.6. The molecule has 2 rings (SSSR count). The van der Waals surface area contributed by atoms with E-state index in [4.69, 9.17) is 0 Å². The summed E-state index contributed by atoms with van der Waals surface area (Å²) in [5.74, 6) is 0. The number of aromatic nitrogens is 2. The van der Waals surface area contributed by atoms with Crippen molar-refractivity contribution in [2.45, 2.75) is 10.1 Å². The molecule has 0 fully saturated rings. The molecule has 0 amide bonds. The Labute approximate surface area is 110 Å². The smallest absolute Gasteiger partial charge is 0.127 e. The molecular weight excluding hydrogens is 268 g/mol. The van der Waals surface area contributed by atoms with Crippen LogP contribution in [0.4, 0.5) is 0 Å². The summed E-state index contributed by atoms with van der Waals surface area (Å²) < 4.78 is 22.8. The van der Waals surface area contributed by atoms with Crippen LogP contribution in [-0.4, -0.2) is 30.9 Å². The van der Waals surface area contributed by atoms with Crippen molar-refractivity contribution in [3.8, 4) is 11.4 Å². The Morgan fingerprint density at radius 3 is 1.50 bits per heavy atom. The Morgan fingerprint density at radius 2 is 1.17 bits per heavy atom. The summed E-state index contributed by atoms with van der Waals surface area (Å²) in [4.78, 5) is 8.56. The maximum Gasteiger partial charge on any atom is 0.127 e. The van der Waals surface area contributed by atoms with Crippen LogP contribution >= 0.6 is 0 Å². The third-order valence-corrected chi connectivity index (χ3v) is 3.93. The standard InChI is InChI=1S/C12H12N2O2S2/c1-17(15)11-7-3-5-9(13-11)10-6-4-8-12(14-10)18(2)16/h3-8H,1-2H3. The highest BCUT2D eigenvalue weighted by molar-refractivity contribution is 7.84. The molecular formula is C12H12N2O2S2. The molecule has 0 aromatic carbocycles. The van der Waals surface area contributed by atoms with E-state index in [2.05, 4.69) is 9.97 Å². The van der Waals surface area contributed by atoms with Gasteiger partial charge in [0.1, 0.15) is 10.1 Å². The molecule has 0 saturated carbocycles. The van der Waals surface area contributed by atoms with E-state index in [1.807, 2.05) is 0 Å². The third kappa shape index (κ3) is 2.88. The van der Waals surface area contributed by atoms with Gasteiger partial charge in [-0.25, -0.2) is 9.97 Å². The first-order valence-electron chi connectivity index (χ1n) is 5.19. The van der Waals surface area contributed by atoms with Crippen LogP contribution in [0.25, 0.3) is 11.4 Å². The van der Waals surface area contributed by atoms with E-state index >= 15 is 0 Å². The van der Waals surface area contributed by atoms with Crippen molar-refractivity contribution in [1.29, 1.82) is 0 Å². The molecule has 4 nitrogen and oxygen atoms in total. The van der Waals surface area contributed by atoms with Crippen LogP contribution in [-0.2, 0) is 21.6 Å². The summed E-state index contributed by atoms with van der Waals surface area (Å²) >= 11 is 0. The maximum absolute atomic E-state index is 11.4. The Hall–Kier alpha value is -1.40. The second-order valence-electron chi connectivity index (χ2n) is 3.63. The molecule has 0 aliphatic heterocycles. The van der Waals surface area contributed by atoms with E-state index in [1.54, 1.807) is 48.9 Å². The van der Waals surface area contributed by atoms with Gasteiger partial charge in [-0.2, -0.15) is 0 Å². The highest BCUT2D eigenvalue weighted by Crippen LogP contribution is 2.17. The van der Waals surface area contributed by atoms with Gasteiger partial charge < -0.3 is 0 Å². The first-order chi connectivity index (χ1) is 8.58. The van der Waals surface area contributed by atoms with Crippen molar-refractivity contribution in [3.05, 3.63) is 36.4 Å². The highest BCUT2D eigenvalue weighted by Gasteiger charge is 2.06. The van der Waals surface area contributed by atoms with Crippen molar-refractivity contribution >= 4 is 21.6 Å². The number of nitrogens with zero attached hydrogens (tertiary/aromatic N) is 2. The van der Waals surface area contributed by atoms with Crippen molar-refractivity contribution < 1.29 is 8.42 Å². The molecule has 94 valence electrons. The molecule has 0 radical (unpaired) electrons. The van der Waals surface area contributed by atoms with E-state index in [0.717, 1.165) is 0 Å². The molecule has 18 heavy (non-hydrogen) atoms. The fourth-order valence-electron chi connectivity index (χ4n) is 1.44. The minimum atomic E-state index is -1.13. The Bertz CT molecular complexity index is 573. The lowest BCUT2D eigenvalue weighted by Gasteiger charge is -2.03. The van der Waals surface area contributed by atoms with Crippen LogP contribution in [0.1, 0.15) is 0 Å². The fraction of sp³-hybridized carbons (Fsp3) is 0.167. The predicted octanol–water partition coefficient (Wildman–Crippen LogP) is 1.62. The van der Waals surface area contributed by atoms with E-state index in [9.17, 15) is 8.42 Å². The SMILES string of the molecule is CS(=O)c1cccc(-c2cccc(S(C)=O)n2)n1. The molecule has 2 atom stereocenters. The zero-order chi connectivity index (χ0) is 13.1. The van der Waals surface area contributed by atoms with Gasteiger partial charge in [0.05, 0.1) is 33.0 Å². The molecule has 0 N–H and O–H groups in total. The minimum absolute atomic E-state index is 0.511. The van der Waals surface area contributed by atoms with Gasteiger partial charge in [-0.3, -0.25) is 8.42 Å². The molecule has 0 aliphatic rings. The van der Waals surface area contributed by atoms with Crippen molar-refractivity contribution in [1.82, 2.24) is 9.97 Å². The second kappa shape index (κ2) is 5.49. The summed E-state index contributed by atoms with van der Waals surface area (Å²) in [7, 11) is -2.25. The van der Waals surface area contributed by atoms with Crippen LogP contribution in [0.3, 0.4) is 0 Å². The van der Waals surface area contributed by atoms with Crippen LogP contribution in [0, 0.1) is 0 Å². The third-order valence-electron chi connectivity index (χ3n) is 2.30. The number of hydrogen-bond donors (Lipinski definition) is 0. The quantitative estimate of drug-likeness (QED) is 0.857. The van der Waals surface area contributed by atoms with Gasteiger partial charge in [-0.15, -0.1) is 0 Å². The van der Waals surface area contributed by atoms with Crippen molar-refractivity contribution in [2.24, 2.45) is 0 Å². The lowest BCUT2D eigenvalue weighted by molar-refractivity contribution is 0.683. The van der Waals surface area contributed by atoms with Gasteiger partial charge in [0.25, 0.3) is 0 Å². The molecule has 0 saturated heterocycles. The average Bonchev–Trinajstić information content (AvgIpc) is 2.39. The second-order valence-corrected chi connectivity index (χ2v) is 6.28. The van der Waals surface area contributed by atoms with Crippen molar-refractivity contribution in [2.75, 3.05) is 12.5 Å². The number of rotatable bonds is 3. The van der Waals surface area contributed by atoms with Gasteiger partial charge in [-0.05, 0) is 24.3 Å². The van der Waals surface area contributed by atoms with Crippen LogP contribution in [0.15, 0.2) is 46.5 Å². The molecule has 2 aromatic rings. The molecule has 2 aromatic heterocycles. The van der Waals surface area contributed by atoms with Gasteiger partial charge in [0.15, 0.2) is 0 Å².